The average Bonchev–Trinajstić information content (AvgIpc) is 2.47. The summed E-state index contributed by atoms with van der Waals surface area (Å²) in [6.07, 6.45) is 1.02. The third kappa shape index (κ3) is 4.91. The van der Waals surface area contributed by atoms with Gasteiger partial charge in [-0.2, -0.15) is 0 Å². The number of hydrogen-bond donors (Lipinski definition) is 1. The molecule has 0 fully saturated rings. The fourth-order valence-electron chi connectivity index (χ4n) is 1.77. The van der Waals surface area contributed by atoms with Crippen LogP contribution in [-0.4, -0.2) is 36.6 Å². The molecule has 0 bridgehead atoms. The van der Waals surface area contributed by atoms with E-state index in [0.29, 0.717) is 6.54 Å². The van der Waals surface area contributed by atoms with E-state index in [1.807, 2.05) is 44.2 Å². The number of para-hydroxylation sites is 1. The molecule has 1 unspecified atom stereocenters. The first-order chi connectivity index (χ1) is 9.58. The molecular weight excluding hydrogens is 256 g/mol. The number of benzene rings is 1. The number of methoxy groups -OCH3 is 1. The topological polar surface area (TPSA) is 58.6 Å². The number of nitrogens with one attached hydrogen (secondary N) is 1. The molecule has 1 aromatic rings. The summed E-state index contributed by atoms with van der Waals surface area (Å²) in [5.41, 5.74) is 0.740. The van der Waals surface area contributed by atoms with Crippen LogP contribution in [0.15, 0.2) is 30.3 Å². The van der Waals surface area contributed by atoms with E-state index in [9.17, 15) is 9.59 Å². The van der Waals surface area contributed by atoms with Crippen molar-refractivity contribution in [3.8, 4) is 0 Å². The number of esters is 1. The van der Waals surface area contributed by atoms with Crippen LogP contribution < -0.4 is 5.32 Å². The Labute approximate surface area is 119 Å². The molecule has 5 heteroatoms. The normalized spacial score (nSPS) is 11.6. The predicted molar refractivity (Wildman–Crippen MR) is 78.6 cm³/mol. The van der Waals surface area contributed by atoms with Crippen LogP contribution in [0.3, 0.4) is 0 Å². The minimum absolute atomic E-state index is 0.0587. The first kappa shape index (κ1) is 16.0. The van der Waals surface area contributed by atoms with Gasteiger partial charge in [0, 0.05) is 18.3 Å². The summed E-state index contributed by atoms with van der Waals surface area (Å²) >= 11 is 0. The zero-order valence-electron chi connectivity index (χ0n) is 12.3. The highest BCUT2D eigenvalue weighted by Gasteiger charge is 2.20. The summed E-state index contributed by atoms with van der Waals surface area (Å²) in [5.74, 6) is -0.314. The molecule has 1 N–H and O–H groups in total. The molecule has 0 aliphatic carbocycles. The van der Waals surface area contributed by atoms with Crippen LogP contribution in [0, 0.1) is 0 Å². The molecular formula is C15H22N2O3. The van der Waals surface area contributed by atoms with Crippen LogP contribution in [-0.2, 0) is 9.53 Å². The van der Waals surface area contributed by atoms with Crippen molar-refractivity contribution in [1.29, 1.82) is 0 Å². The minimum atomic E-state index is -0.314. The van der Waals surface area contributed by atoms with Crippen molar-refractivity contribution in [3.05, 3.63) is 30.3 Å². The van der Waals surface area contributed by atoms with Crippen molar-refractivity contribution in [3.63, 3.8) is 0 Å². The molecule has 0 aliphatic rings. The van der Waals surface area contributed by atoms with E-state index in [1.54, 1.807) is 4.90 Å². The number of rotatable bonds is 6. The van der Waals surface area contributed by atoms with Crippen LogP contribution in [0.25, 0.3) is 0 Å². The Morgan fingerprint density at radius 1 is 1.30 bits per heavy atom. The Morgan fingerprint density at radius 3 is 2.50 bits per heavy atom. The molecule has 0 saturated carbocycles. The number of ether oxygens (including phenoxy) is 1. The fourth-order valence-corrected chi connectivity index (χ4v) is 1.77. The van der Waals surface area contributed by atoms with Crippen LogP contribution in [0.2, 0.25) is 0 Å². The van der Waals surface area contributed by atoms with Gasteiger partial charge in [-0.15, -0.1) is 0 Å². The summed E-state index contributed by atoms with van der Waals surface area (Å²) < 4.78 is 4.61. The van der Waals surface area contributed by atoms with Gasteiger partial charge in [0.1, 0.15) is 0 Å². The number of nitrogens with zero attached hydrogens (tertiary/aromatic N) is 1. The van der Waals surface area contributed by atoms with Gasteiger partial charge < -0.3 is 15.0 Å². The van der Waals surface area contributed by atoms with Crippen LogP contribution in [0.4, 0.5) is 10.5 Å². The van der Waals surface area contributed by atoms with Gasteiger partial charge in [0.25, 0.3) is 0 Å². The monoisotopic (exact) mass is 278 g/mol. The number of carbonyl (C=O) groups excluding carboxylic acids is 2. The molecule has 5 nitrogen and oxygen atoms in total. The molecule has 1 aromatic carbocycles. The molecule has 0 saturated heterocycles. The maximum absolute atomic E-state index is 12.3. The van der Waals surface area contributed by atoms with Crippen molar-refractivity contribution in [2.24, 2.45) is 0 Å². The number of hydrogen-bond acceptors (Lipinski definition) is 3. The van der Waals surface area contributed by atoms with Crippen LogP contribution in [0.5, 0.6) is 0 Å². The fraction of sp³-hybridized carbons (Fsp3) is 0.467. The van der Waals surface area contributed by atoms with Gasteiger partial charge in [0.05, 0.1) is 13.5 Å². The zero-order chi connectivity index (χ0) is 15.0. The SMILES string of the molecule is CCC(C)N(CCC(=O)OC)C(=O)Nc1ccccc1. The lowest BCUT2D eigenvalue weighted by molar-refractivity contribution is -0.140. The van der Waals surface area contributed by atoms with Crippen molar-refractivity contribution >= 4 is 17.7 Å². The molecule has 20 heavy (non-hydrogen) atoms. The Morgan fingerprint density at radius 2 is 1.95 bits per heavy atom. The van der Waals surface area contributed by atoms with E-state index < -0.39 is 0 Å². The van der Waals surface area contributed by atoms with Gasteiger partial charge in [-0.3, -0.25) is 4.79 Å². The highest BCUT2D eigenvalue weighted by molar-refractivity contribution is 5.89. The summed E-state index contributed by atoms with van der Waals surface area (Å²) in [6, 6.07) is 9.12. The minimum Gasteiger partial charge on any atom is -0.469 e. The Kier molecular flexibility index (Phi) is 6.56. The predicted octanol–water partition coefficient (Wildman–Crippen LogP) is 2.88. The first-order valence-electron chi connectivity index (χ1n) is 6.78. The molecule has 2 amide bonds. The summed E-state index contributed by atoms with van der Waals surface area (Å²) in [5, 5.41) is 2.83. The van der Waals surface area contributed by atoms with Gasteiger partial charge in [0.2, 0.25) is 0 Å². The lowest BCUT2D eigenvalue weighted by atomic mass is 10.2. The maximum atomic E-state index is 12.3. The van der Waals surface area contributed by atoms with Crippen molar-refractivity contribution in [1.82, 2.24) is 4.90 Å². The second kappa shape index (κ2) is 8.19. The van der Waals surface area contributed by atoms with E-state index in [4.69, 9.17) is 0 Å². The molecule has 1 rings (SSSR count). The van der Waals surface area contributed by atoms with Gasteiger partial charge in [-0.25, -0.2) is 4.79 Å². The zero-order valence-corrected chi connectivity index (χ0v) is 12.3. The second-order valence-electron chi connectivity index (χ2n) is 4.57. The molecule has 0 aromatic heterocycles. The Bertz CT molecular complexity index is 434. The van der Waals surface area contributed by atoms with E-state index in [1.165, 1.54) is 7.11 Å². The lowest BCUT2D eigenvalue weighted by Crippen LogP contribution is -2.42. The molecule has 0 aliphatic heterocycles. The Hall–Kier alpha value is -2.04. The molecule has 0 heterocycles. The van der Waals surface area contributed by atoms with Crippen LogP contribution in [0.1, 0.15) is 26.7 Å². The van der Waals surface area contributed by atoms with Crippen molar-refractivity contribution in [2.45, 2.75) is 32.7 Å². The third-order valence-electron chi connectivity index (χ3n) is 3.19. The standard InChI is InChI=1S/C15H22N2O3/c1-4-12(2)17(11-10-14(18)20-3)15(19)16-13-8-6-5-7-9-13/h5-9,12H,4,10-11H2,1-3H3,(H,16,19). The maximum Gasteiger partial charge on any atom is 0.322 e. The average molecular weight is 278 g/mol. The molecule has 0 spiro atoms. The summed E-state index contributed by atoms with van der Waals surface area (Å²) in [6.45, 7) is 4.31. The van der Waals surface area contributed by atoms with Crippen molar-refractivity contribution in [2.75, 3.05) is 19.0 Å². The van der Waals surface area contributed by atoms with Gasteiger partial charge in [0.15, 0.2) is 0 Å². The summed E-state index contributed by atoms with van der Waals surface area (Å²) in [7, 11) is 1.35. The van der Waals surface area contributed by atoms with Crippen molar-refractivity contribution < 1.29 is 14.3 Å². The lowest BCUT2D eigenvalue weighted by Gasteiger charge is -2.28. The number of urea groups is 1. The Balaban J connectivity index is 2.67. The van der Waals surface area contributed by atoms with E-state index >= 15 is 0 Å². The smallest absolute Gasteiger partial charge is 0.322 e. The number of amides is 2. The third-order valence-corrected chi connectivity index (χ3v) is 3.19. The second-order valence-corrected chi connectivity index (χ2v) is 4.57. The largest absolute Gasteiger partial charge is 0.469 e. The molecule has 110 valence electrons. The first-order valence-corrected chi connectivity index (χ1v) is 6.78. The van der Waals surface area contributed by atoms with Gasteiger partial charge >= 0.3 is 12.0 Å². The number of anilines is 1. The van der Waals surface area contributed by atoms with Crippen LogP contribution >= 0.6 is 0 Å². The highest BCUT2D eigenvalue weighted by Crippen LogP contribution is 2.11. The van der Waals surface area contributed by atoms with E-state index in [2.05, 4.69) is 10.1 Å². The summed E-state index contributed by atoms with van der Waals surface area (Å²) in [4.78, 5) is 25.2. The molecule has 0 radical (unpaired) electrons. The molecule has 1 atom stereocenters. The van der Waals surface area contributed by atoms with Gasteiger partial charge in [-0.1, -0.05) is 25.1 Å². The van der Waals surface area contributed by atoms with E-state index in [0.717, 1.165) is 12.1 Å². The van der Waals surface area contributed by atoms with E-state index in [-0.39, 0.29) is 24.5 Å². The van der Waals surface area contributed by atoms with Gasteiger partial charge in [-0.05, 0) is 25.5 Å². The number of carbonyl (C=O) groups is 2. The quantitative estimate of drug-likeness (QED) is 0.814. The highest BCUT2D eigenvalue weighted by atomic mass is 16.5.